The van der Waals surface area contributed by atoms with Gasteiger partial charge in [0.1, 0.15) is 18.3 Å². The molecule has 0 bridgehead atoms. The normalized spacial score (nSPS) is 12.1. The highest BCUT2D eigenvalue weighted by atomic mass is 79.9. The van der Waals surface area contributed by atoms with Gasteiger partial charge in [-0.2, -0.15) is 0 Å². The molecule has 39 heavy (non-hydrogen) atoms. The summed E-state index contributed by atoms with van der Waals surface area (Å²) in [5.41, 5.74) is 1.07. The SMILES string of the molecule is COc1cccc(N(CC(=O)N(Cc2ccc(Br)cc2)C(C)C(=O)NCC(C)C)S(=O)(=O)c2ccccc2)c1. The molecule has 3 aromatic carbocycles. The minimum atomic E-state index is -4.13. The van der Waals surface area contributed by atoms with Crippen molar-refractivity contribution in [3.05, 3.63) is 88.9 Å². The van der Waals surface area contributed by atoms with E-state index in [4.69, 9.17) is 4.74 Å². The fraction of sp³-hybridized carbons (Fsp3) is 0.310. The van der Waals surface area contributed by atoms with E-state index >= 15 is 0 Å². The fourth-order valence-electron chi connectivity index (χ4n) is 3.84. The molecule has 8 nitrogen and oxygen atoms in total. The number of ether oxygens (including phenoxy) is 1. The standard InChI is InChI=1S/C29H34BrN3O5S/c1-21(2)18-31-29(35)22(3)32(19-23-13-15-24(30)16-14-23)28(34)20-33(25-9-8-10-26(17-25)38-4)39(36,37)27-11-6-5-7-12-27/h5-17,21-22H,18-20H2,1-4H3,(H,31,35). The average Bonchev–Trinajstić information content (AvgIpc) is 2.94. The van der Waals surface area contributed by atoms with Gasteiger partial charge >= 0.3 is 0 Å². The second kappa shape index (κ2) is 13.6. The third-order valence-corrected chi connectivity index (χ3v) is 8.39. The van der Waals surface area contributed by atoms with Crippen molar-refractivity contribution < 1.29 is 22.7 Å². The van der Waals surface area contributed by atoms with E-state index in [9.17, 15) is 18.0 Å². The van der Waals surface area contributed by atoms with Crippen molar-refractivity contribution in [2.45, 2.75) is 38.3 Å². The second-order valence-electron chi connectivity index (χ2n) is 9.49. The molecular formula is C29H34BrN3O5S. The Hall–Kier alpha value is -3.37. The zero-order valence-corrected chi connectivity index (χ0v) is 24.9. The molecule has 0 aromatic heterocycles. The van der Waals surface area contributed by atoms with Crippen LogP contribution in [0.4, 0.5) is 5.69 Å². The van der Waals surface area contributed by atoms with E-state index in [1.54, 1.807) is 49.4 Å². The predicted octanol–water partition coefficient (Wildman–Crippen LogP) is 4.84. The summed E-state index contributed by atoms with van der Waals surface area (Å²) in [6.45, 7) is 5.69. The summed E-state index contributed by atoms with van der Waals surface area (Å²) in [6.07, 6.45) is 0. The van der Waals surface area contributed by atoms with Crippen LogP contribution >= 0.6 is 15.9 Å². The van der Waals surface area contributed by atoms with Crippen LogP contribution in [0.5, 0.6) is 5.75 Å². The van der Waals surface area contributed by atoms with Crippen molar-refractivity contribution in [1.82, 2.24) is 10.2 Å². The summed E-state index contributed by atoms with van der Waals surface area (Å²) in [7, 11) is -2.65. The maximum Gasteiger partial charge on any atom is 0.264 e. The smallest absolute Gasteiger partial charge is 0.264 e. The molecule has 0 aliphatic rings. The minimum absolute atomic E-state index is 0.0443. The first-order valence-corrected chi connectivity index (χ1v) is 14.8. The van der Waals surface area contributed by atoms with Crippen LogP contribution in [0.3, 0.4) is 0 Å². The van der Waals surface area contributed by atoms with Gasteiger partial charge in [-0.25, -0.2) is 8.42 Å². The minimum Gasteiger partial charge on any atom is -0.497 e. The number of halogens is 1. The Bertz CT molecular complexity index is 1370. The highest BCUT2D eigenvalue weighted by Crippen LogP contribution is 2.27. The van der Waals surface area contributed by atoms with Gasteiger partial charge in [-0.15, -0.1) is 0 Å². The molecule has 0 aliphatic carbocycles. The molecule has 1 unspecified atom stereocenters. The lowest BCUT2D eigenvalue weighted by molar-refractivity contribution is -0.139. The van der Waals surface area contributed by atoms with Crippen molar-refractivity contribution in [1.29, 1.82) is 0 Å². The van der Waals surface area contributed by atoms with E-state index in [1.165, 1.54) is 24.1 Å². The molecule has 10 heteroatoms. The van der Waals surface area contributed by atoms with E-state index in [0.29, 0.717) is 12.3 Å². The van der Waals surface area contributed by atoms with Gasteiger partial charge in [0, 0.05) is 23.6 Å². The Kier molecular flexibility index (Phi) is 10.5. The van der Waals surface area contributed by atoms with Gasteiger partial charge in [-0.1, -0.05) is 66.2 Å². The number of anilines is 1. The second-order valence-corrected chi connectivity index (χ2v) is 12.3. The molecule has 1 atom stereocenters. The summed E-state index contributed by atoms with van der Waals surface area (Å²) in [6, 6.07) is 21.0. The van der Waals surface area contributed by atoms with Gasteiger partial charge in [-0.05, 0) is 54.8 Å². The molecule has 0 spiro atoms. The number of carbonyl (C=O) groups is 2. The lowest BCUT2D eigenvalue weighted by Gasteiger charge is -2.32. The van der Waals surface area contributed by atoms with Crippen LogP contribution in [0.2, 0.25) is 0 Å². The summed E-state index contributed by atoms with van der Waals surface area (Å²) in [4.78, 5) is 28.4. The number of rotatable bonds is 12. The van der Waals surface area contributed by atoms with Crippen LogP contribution in [0.25, 0.3) is 0 Å². The Morgan fingerprint density at radius 2 is 1.62 bits per heavy atom. The Morgan fingerprint density at radius 3 is 2.23 bits per heavy atom. The van der Waals surface area contributed by atoms with Crippen LogP contribution in [0.15, 0.2) is 88.2 Å². The molecule has 3 rings (SSSR count). The highest BCUT2D eigenvalue weighted by Gasteiger charge is 2.32. The summed E-state index contributed by atoms with van der Waals surface area (Å²) >= 11 is 3.41. The van der Waals surface area contributed by atoms with E-state index < -0.39 is 28.5 Å². The van der Waals surface area contributed by atoms with E-state index in [2.05, 4.69) is 21.2 Å². The van der Waals surface area contributed by atoms with Crippen LogP contribution in [-0.2, 0) is 26.2 Å². The molecule has 0 aliphatic heterocycles. The number of sulfonamides is 1. The van der Waals surface area contributed by atoms with Gasteiger partial charge in [0.05, 0.1) is 17.7 Å². The molecule has 0 heterocycles. The van der Waals surface area contributed by atoms with Crippen molar-refractivity contribution in [2.24, 2.45) is 5.92 Å². The quantitative estimate of drug-likeness (QED) is 0.314. The molecule has 0 saturated heterocycles. The highest BCUT2D eigenvalue weighted by molar-refractivity contribution is 9.10. The Labute approximate surface area is 239 Å². The van der Waals surface area contributed by atoms with Crippen molar-refractivity contribution in [2.75, 3.05) is 24.5 Å². The molecule has 0 saturated carbocycles. The number of nitrogens with zero attached hydrogens (tertiary/aromatic N) is 2. The summed E-state index contributed by atoms with van der Waals surface area (Å²) in [5.74, 6) is -0.154. The summed E-state index contributed by atoms with van der Waals surface area (Å²) in [5, 5.41) is 2.88. The van der Waals surface area contributed by atoms with Gasteiger partial charge in [0.15, 0.2) is 0 Å². The number of hydrogen-bond donors (Lipinski definition) is 1. The Balaban J connectivity index is 2.01. The molecular weight excluding hydrogens is 582 g/mol. The zero-order valence-electron chi connectivity index (χ0n) is 22.5. The number of hydrogen-bond acceptors (Lipinski definition) is 5. The molecule has 208 valence electrons. The number of benzene rings is 3. The Morgan fingerprint density at radius 1 is 0.949 bits per heavy atom. The largest absolute Gasteiger partial charge is 0.497 e. The van der Waals surface area contributed by atoms with Crippen LogP contribution < -0.4 is 14.4 Å². The van der Waals surface area contributed by atoms with Gasteiger partial charge < -0.3 is 15.0 Å². The third-order valence-electron chi connectivity index (χ3n) is 6.07. The number of amides is 2. The molecule has 0 fully saturated rings. The third kappa shape index (κ3) is 8.06. The maximum atomic E-state index is 13.9. The number of carbonyl (C=O) groups excluding carboxylic acids is 2. The van der Waals surface area contributed by atoms with Crippen LogP contribution in [0, 0.1) is 5.92 Å². The van der Waals surface area contributed by atoms with Crippen molar-refractivity contribution in [3.8, 4) is 5.75 Å². The van der Waals surface area contributed by atoms with Crippen LogP contribution in [0.1, 0.15) is 26.3 Å². The average molecular weight is 617 g/mol. The first kappa shape index (κ1) is 30.2. The van der Waals surface area contributed by atoms with Gasteiger partial charge in [-0.3, -0.25) is 13.9 Å². The van der Waals surface area contributed by atoms with Gasteiger partial charge in [0.25, 0.3) is 10.0 Å². The van der Waals surface area contributed by atoms with E-state index in [-0.39, 0.29) is 29.0 Å². The molecule has 0 radical (unpaired) electrons. The van der Waals surface area contributed by atoms with Crippen LogP contribution in [-0.4, -0.2) is 51.4 Å². The fourth-order valence-corrected chi connectivity index (χ4v) is 5.53. The first-order chi connectivity index (χ1) is 18.5. The lowest BCUT2D eigenvalue weighted by Crippen LogP contribution is -2.51. The van der Waals surface area contributed by atoms with E-state index in [0.717, 1.165) is 14.3 Å². The van der Waals surface area contributed by atoms with Crippen molar-refractivity contribution >= 4 is 43.5 Å². The topological polar surface area (TPSA) is 96.0 Å². The maximum absolute atomic E-state index is 13.9. The summed E-state index contributed by atoms with van der Waals surface area (Å²) < 4.78 is 34.8. The van der Waals surface area contributed by atoms with Crippen molar-refractivity contribution in [3.63, 3.8) is 0 Å². The molecule has 1 N–H and O–H groups in total. The molecule has 3 aromatic rings. The predicted molar refractivity (Wildman–Crippen MR) is 156 cm³/mol. The molecule has 2 amide bonds. The van der Waals surface area contributed by atoms with E-state index in [1.807, 2.05) is 38.1 Å². The lowest BCUT2D eigenvalue weighted by atomic mass is 10.1. The first-order valence-electron chi connectivity index (χ1n) is 12.6. The zero-order chi connectivity index (χ0) is 28.6. The number of nitrogens with one attached hydrogen (secondary N) is 1. The number of methoxy groups -OCH3 is 1. The van der Waals surface area contributed by atoms with Gasteiger partial charge in [0.2, 0.25) is 11.8 Å². The monoisotopic (exact) mass is 615 g/mol.